The summed E-state index contributed by atoms with van der Waals surface area (Å²) in [7, 11) is 0. The molecule has 33 heavy (non-hydrogen) atoms. The van der Waals surface area contributed by atoms with Crippen LogP contribution in [0.25, 0.3) is 5.69 Å². The van der Waals surface area contributed by atoms with E-state index >= 15 is 0 Å². The lowest BCUT2D eigenvalue weighted by Gasteiger charge is -2.35. The van der Waals surface area contributed by atoms with Crippen LogP contribution in [0.5, 0.6) is 0 Å². The molecule has 1 aromatic carbocycles. The highest BCUT2D eigenvalue weighted by Crippen LogP contribution is 2.24. The van der Waals surface area contributed by atoms with Gasteiger partial charge >= 0.3 is 6.03 Å². The van der Waals surface area contributed by atoms with Crippen molar-refractivity contribution in [3.63, 3.8) is 0 Å². The predicted octanol–water partition coefficient (Wildman–Crippen LogP) is 4.30. The predicted molar refractivity (Wildman–Crippen MR) is 130 cm³/mol. The van der Waals surface area contributed by atoms with Gasteiger partial charge < -0.3 is 15.1 Å². The average molecular weight is 488 g/mol. The van der Waals surface area contributed by atoms with Crippen molar-refractivity contribution in [2.24, 2.45) is 0 Å². The molecule has 1 aliphatic rings. The molecular formula is C23H27Cl2N7O. The first-order chi connectivity index (χ1) is 15.7. The first kappa shape index (κ1) is 23.3. The molecule has 1 fully saturated rings. The normalized spacial score (nSPS) is 14.5. The minimum atomic E-state index is -0.230. The van der Waals surface area contributed by atoms with Crippen LogP contribution in [0.3, 0.4) is 0 Å². The van der Waals surface area contributed by atoms with Gasteiger partial charge in [-0.05, 0) is 30.3 Å². The molecule has 1 saturated heterocycles. The number of carbonyl (C=O) groups is 1. The van der Waals surface area contributed by atoms with E-state index in [1.807, 2.05) is 36.4 Å². The molecule has 3 aromatic rings. The lowest BCUT2D eigenvalue weighted by Crippen LogP contribution is -2.52. The Labute approximate surface area is 203 Å². The number of carbonyl (C=O) groups excluding carboxylic acids is 1. The van der Waals surface area contributed by atoms with Crippen molar-refractivity contribution in [2.75, 3.05) is 31.1 Å². The summed E-state index contributed by atoms with van der Waals surface area (Å²) in [6.07, 6.45) is 1.72. The zero-order valence-electron chi connectivity index (χ0n) is 18.9. The summed E-state index contributed by atoms with van der Waals surface area (Å²) in [5, 5.41) is 8.91. The lowest BCUT2D eigenvalue weighted by atomic mass is 9.96. The first-order valence-corrected chi connectivity index (χ1v) is 11.6. The molecule has 174 valence electrons. The van der Waals surface area contributed by atoms with Gasteiger partial charge in [0.15, 0.2) is 11.6 Å². The summed E-state index contributed by atoms with van der Waals surface area (Å²) < 4.78 is 1.74. The summed E-state index contributed by atoms with van der Waals surface area (Å²) in [6.45, 7) is 8.90. The zero-order valence-corrected chi connectivity index (χ0v) is 20.4. The van der Waals surface area contributed by atoms with E-state index in [9.17, 15) is 4.79 Å². The van der Waals surface area contributed by atoms with Crippen LogP contribution in [0.15, 0.2) is 42.6 Å². The number of hydrogen-bond donors (Lipinski definition) is 1. The van der Waals surface area contributed by atoms with Gasteiger partial charge in [-0.2, -0.15) is 5.10 Å². The second kappa shape index (κ2) is 9.57. The second-order valence-corrected chi connectivity index (χ2v) is 9.78. The number of urea groups is 1. The van der Waals surface area contributed by atoms with Crippen LogP contribution in [-0.4, -0.2) is 56.9 Å². The fourth-order valence-corrected chi connectivity index (χ4v) is 4.01. The minimum Gasteiger partial charge on any atom is -0.352 e. The molecule has 0 unspecified atom stereocenters. The van der Waals surface area contributed by atoms with Crippen molar-refractivity contribution in [2.45, 2.75) is 32.7 Å². The number of aromatic nitrogens is 4. The van der Waals surface area contributed by atoms with Crippen molar-refractivity contribution >= 4 is 35.1 Å². The van der Waals surface area contributed by atoms with Gasteiger partial charge in [-0.1, -0.05) is 50.0 Å². The van der Waals surface area contributed by atoms with Crippen LogP contribution in [0.2, 0.25) is 10.0 Å². The summed E-state index contributed by atoms with van der Waals surface area (Å²) in [6, 6.07) is 10.9. The van der Waals surface area contributed by atoms with E-state index in [0.717, 1.165) is 11.5 Å². The molecular weight excluding hydrogens is 461 g/mol. The minimum absolute atomic E-state index is 0.139. The Hall–Kier alpha value is -2.84. The molecule has 1 N–H and O–H groups in total. The molecule has 0 spiro atoms. The summed E-state index contributed by atoms with van der Waals surface area (Å²) in [5.41, 5.74) is 0.571. The fourth-order valence-electron chi connectivity index (χ4n) is 3.59. The highest BCUT2D eigenvalue weighted by Gasteiger charge is 2.25. The number of amides is 2. The van der Waals surface area contributed by atoms with Crippen molar-refractivity contribution in [1.29, 1.82) is 0 Å². The van der Waals surface area contributed by atoms with Gasteiger partial charge in [0, 0.05) is 42.8 Å². The largest absolute Gasteiger partial charge is 0.352 e. The third kappa shape index (κ3) is 5.39. The van der Waals surface area contributed by atoms with Crippen molar-refractivity contribution in [1.82, 2.24) is 30.0 Å². The van der Waals surface area contributed by atoms with Crippen LogP contribution >= 0.6 is 23.2 Å². The fraction of sp³-hybridized carbons (Fsp3) is 0.391. The lowest BCUT2D eigenvalue weighted by molar-refractivity contribution is 0.193. The Balaban J connectivity index is 1.43. The Bertz CT molecular complexity index is 1130. The first-order valence-electron chi connectivity index (χ1n) is 10.8. The SMILES string of the molecule is CC(C)(C)c1nc(CNC(=O)N2CCN(c3ncccc3Cl)CC2)n(-c2cccc(Cl)c2)n1. The summed E-state index contributed by atoms with van der Waals surface area (Å²) in [5.74, 6) is 2.10. The Morgan fingerprint density at radius 3 is 2.52 bits per heavy atom. The van der Waals surface area contributed by atoms with Gasteiger partial charge in [-0.25, -0.2) is 19.4 Å². The van der Waals surface area contributed by atoms with Gasteiger partial charge in [-0.3, -0.25) is 0 Å². The second-order valence-electron chi connectivity index (χ2n) is 8.93. The van der Waals surface area contributed by atoms with Gasteiger partial charge in [0.2, 0.25) is 0 Å². The van der Waals surface area contributed by atoms with Crippen LogP contribution in [-0.2, 0) is 12.0 Å². The van der Waals surface area contributed by atoms with Crippen LogP contribution in [0.1, 0.15) is 32.4 Å². The number of hydrogen-bond acceptors (Lipinski definition) is 5. The maximum absolute atomic E-state index is 12.9. The number of benzene rings is 1. The zero-order chi connectivity index (χ0) is 23.6. The van der Waals surface area contributed by atoms with Gasteiger partial charge in [-0.15, -0.1) is 0 Å². The summed E-state index contributed by atoms with van der Waals surface area (Å²) in [4.78, 5) is 25.8. The van der Waals surface area contributed by atoms with Gasteiger partial charge in [0.05, 0.1) is 17.3 Å². The molecule has 0 bridgehead atoms. The number of anilines is 1. The molecule has 8 nitrogen and oxygen atoms in total. The smallest absolute Gasteiger partial charge is 0.317 e. The topological polar surface area (TPSA) is 79.2 Å². The van der Waals surface area contributed by atoms with E-state index in [4.69, 9.17) is 33.3 Å². The number of nitrogens with zero attached hydrogens (tertiary/aromatic N) is 6. The third-order valence-electron chi connectivity index (χ3n) is 5.40. The van der Waals surface area contributed by atoms with E-state index < -0.39 is 0 Å². The maximum Gasteiger partial charge on any atom is 0.317 e. The van der Waals surface area contributed by atoms with E-state index in [1.54, 1.807) is 15.8 Å². The maximum atomic E-state index is 12.9. The van der Waals surface area contributed by atoms with Crippen LogP contribution < -0.4 is 10.2 Å². The van der Waals surface area contributed by atoms with Crippen molar-refractivity contribution in [3.8, 4) is 5.69 Å². The van der Waals surface area contributed by atoms with E-state index in [1.165, 1.54) is 0 Å². The number of pyridine rings is 1. The van der Waals surface area contributed by atoms with Crippen molar-refractivity contribution < 1.29 is 4.79 Å². The molecule has 0 saturated carbocycles. The molecule has 0 radical (unpaired) electrons. The standard InChI is InChI=1S/C23H27Cl2N7O/c1-23(2,3)21-28-19(32(29-21)17-7-4-6-16(24)14-17)15-27-22(33)31-12-10-30(11-13-31)20-18(25)8-5-9-26-20/h4-9,14H,10-13,15H2,1-3H3,(H,27,33). The van der Waals surface area contributed by atoms with Gasteiger partial charge in [0.25, 0.3) is 0 Å². The Morgan fingerprint density at radius 2 is 1.85 bits per heavy atom. The number of nitrogens with one attached hydrogen (secondary N) is 1. The quantitative estimate of drug-likeness (QED) is 0.593. The van der Waals surface area contributed by atoms with E-state index in [0.29, 0.717) is 47.9 Å². The third-order valence-corrected chi connectivity index (χ3v) is 5.93. The molecule has 3 heterocycles. The molecule has 2 amide bonds. The summed E-state index contributed by atoms with van der Waals surface area (Å²) >= 11 is 12.4. The number of halogens is 2. The van der Waals surface area contributed by atoms with E-state index in [2.05, 4.69) is 36.0 Å². The molecule has 2 aromatic heterocycles. The molecule has 10 heteroatoms. The van der Waals surface area contributed by atoms with Crippen LogP contribution in [0, 0.1) is 0 Å². The highest BCUT2D eigenvalue weighted by atomic mass is 35.5. The Kier molecular flexibility index (Phi) is 6.76. The highest BCUT2D eigenvalue weighted by molar-refractivity contribution is 6.33. The van der Waals surface area contributed by atoms with Crippen LogP contribution in [0.4, 0.5) is 10.6 Å². The van der Waals surface area contributed by atoms with Gasteiger partial charge in [0.1, 0.15) is 5.82 Å². The van der Waals surface area contributed by atoms with E-state index in [-0.39, 0.29) is 18.0 Å². The molecule has 0 atom stereocenters. The molecule has 1 aliphatic heterocycles. The average Bonchev–Trinajstić information content (AvgIpc) is 3.23. The molecule has 0 aliphatic carbocycles. The molecule has 4 rings (SSSR count). The monoisotopic (exact) mass is 487 g/mol. The van der Waals surface area contributed by atoms with Crippen molar-refractivity contribution in [3.05, 3.63) is 64.3 Å². The number of rotatable bonds is 4. The number of piperazine rings is 1. The Morgan fingerprint density at radius 1 is 1.09 bits per heavy atom.